The molecule has 0 aromatic carbocycles. The second kappa shape index (κ2) is 1.02. The van der Waals surface area contributed by atoms with E-state index in [2.05, 4.69) is 19.6 Å². The van der Waals surface area contributed by atoms with Gasteiger partial charge in [0.05, 0.1) is 0 Å². The average Bonchev–Trinajstić information content (AvgIpc) is 2.13. The standard InChI is InChI=1S/C8H12/c1-3-6-7-4-5-8(6,7)2/h3,6-7H,1,4-5H2,2H3. The molecule has 0 amide bonds. The van der Waals surface area contributed by atoms with Crippen LogP contribution in [-0.2, 0) is 0 Å². The number of hydrogen-bond acceptors (Lipinski definition) is 0. The van der Waals surface area contributed by atoms with E-state index < -0.39 is 0 Å². The van der Waals surface area contributed by atoms with Crippen molar-refractivity contribution in [2.24, 2.45) is 17.3 Å². The predicted octanol–water partition coefficient (Wildman–Crippen LogP) is 2.22. The highest BCUT2D eigenvalue weighted by molar-refractivity contribution is 5.20. The van der Waals surface area contributed by atoms with Gasteiger partial charge in [-0.3, -0.25) is 0 Å². The van der Waals surface area contributed by atoms with E-state index >= 15 is 0 Å². The lowest BCUT2D eigenvalue weighted by molar-refractivity contribution is 0.322. The summed E-state index contributed by atoms with van der Waals surface area (Å²) >= 11 is 0. The van der Waals surface area contributed by atoms with Crippen LogP contribution >= 0.6 is 0 Å². The first-order valence-electron chi connectivity index (χ1n) is 3.41. The fraction of sp³-hybridized carbons (Fsp3) is 0.750. The summed E-state index contributed by atoms with van der Waals surface area (Å²) in [5.74, 6) is 1.93. The Kier molecular flexibility index (Phi) is 0.588. The number of hydrogen-bond donors (Lipinski definition) is 0. The smallest absolute Gasteiger partial charge is 0.0146 e. The highest BCUT2D eigenvalue weighted by Gasteiger charge is 2.65. The lowest BCUT2D eigenvalue weighted by Crippen LogP contribution is -2.08. The van der Waals surface area contributed by atoms with Crippen LogP contribution in [0.15, 0.2) is 12.7 Å². The van der Waals surface area contributed by atoms with Gasteiger partial charge in [-0.2, -0.15) is 0 Å². The molecule has 2 fully saturated rings. The zero-order valence-corrected chi connectivity index (χ0v) is 5.35. The summed E-state index contributed by atoms with van der Waals surface area (Å²) < 4.78 is 0. The largest absolute Gasteiger partial charge is 0.103 e. The molecule has 8 heavy (non-hydrogen) atoms. The van der Waals surface area contributed by atoms with Crippen molar-refractivity contribution in [3.63, 3.8) is 0 Å². The Morgan fingerprint density at radius 1 is 1.75 bits per heavy atom. The van der Waals surface area contributed by atoms with Crippen LogP contribution in [-0.4, -0.2) is 0 Å². The molecular formula is C8H12. The zero-order chi connectivity index (χ0) is 5.78. The van der Waals surface area contributed by atoms with E-state index in [4.69, 9.17) is 0 Å². The molecule has 0 heterocycles. The van der Waals surface area contributed by atoms with Crippen molar-refractivity contribution in [3.8, 4) is 0 Å². The summed E-state index contributed by atoms with van der Waals surface area (Å²) in [7, 11) is 0. The van der Waals surface area contributed by atoms with E-state index in [-0.39, 0.29) is 0 Å². The molecular weight excluding hydrogens is 96.1 g/mol. The molecule has 2 saturated carbocycles. The van der Waals surface area contributed by atoms with Crippen LogP contribution in [0.3, 0.4) is 0 Å². The minimum atomic E-state index is 0.738. The third-order valence-electron chi connectivity index (χ3n) is 3.18. The normalized spacial score (nSPS) is 58.6. The summed E-state index contributed by atoms with van der Waals surface area (Å²) in [5.41, 5.74) is 0.738. The molecule has 0 bridgehead atoms. The Morgan fingerprint density at radius 3 is 2.50 bits per heavy atom. The maximum Gasteiger partial charge on any atom is -0.0146 e. The van der Waals surface area contributed by atoms with Gasteiger partial charge < -0.3 is 0 Å². The fourth-order valence-electron chi connectivity index (χ4n) is 2.25. The molecule has 0 spiro atoms. The quantitative estimate of drug-likeness (QED) is 0.452. The first-order chi connectivity index (χ1) is 3.79. The summed E-state index contributed by atoms with van der Waals surface area (Å²) in [5, 5.41) is 0. The third-order valence-corrected chi connectivity index (χ3v) is 3.18. The highest BCUT2D eigenvalue weighted by Crippen LogP contribution is 2.72. The molecule has 0 aromatic heterocycles. The van der Waals surface area contributed by atoms with Crippen molar-refractivity contribution in [2.45, 2.75) is 19.8 Å². The van der Waals surface area contributed by atoms with Crippen LogP contribution in [0.2, 0.25) is 0 Å². The van der Waals surface area contributed by atoms with Crippen LogP contribution in [0, 0.1) is 17.3 Å². The summed E-state index contributed by atoms with van der Waals surface area (Å²) in [6.07, 6.45) is 5.05. The van der Waals surface area contributed by atoms with Gasteiger partial charge in [-0.25, -0.2) is 0 Å². The third kappa shape index (κ3) is 0.273. The zero-order valence-electron chi connectivity index (χ0n) is 5.35. The summed E-state index contributed by atoms with van der Waals surface area (Å²) in [6, 6.07) is 0. The van der Waals surface area contributed by atoms with Gasteiger partial charge in [-0.1, -0.05) is 13.0 Å². The van der Waals surface area contributed by atoms with Crippen molar-refractivity contribution < 1.29 is 0 Å². The van der Waals surface area contributed by atoms with E-state index in [1.807, 2.05) is 0 Å². The molecule has 2 aliphatic rings. The molecule has 0 saturated heterocycles. The van der Waals surface area contributed by atoms with Crippen molar-refractivity contribution in [3.05, 3.63) is 12.7 Å². The van der Waals surface area contributed by atoms with Gasteiger partial charge >= 0.3 is 0 Å². The van der Waals surface area contributed by atoms with E-state index in [9.17, 15) is 0 Å². The van der Waals surface area contributed by atoms with E-state index in [0.29, 0.717) is 0 Å². The molecule has 44 valence electrons. The van der Waals surface area contributed by atoms with Crippen LogP contribution in [0.25, 0.3) is 0 Å². The van der Waals surface area contributed by atoms with Gasteiger partial charge in [0.2, 0.25) is 0 Å². The van der Waals surface area contributed by atoms with Crippen molar-refractivity contribution in [1.82, 2.24) is 0 Å². The molecule has 0 nitrogen and oxygen atoms in total. The van der Waals surface area contributed by atoms with Crippen LogP contribution in [0.5, 0.6) is 0 Å². The van der Waals surface area contributed by atoms with Gasteiger partial charge in [0.25, 0.3) is 0 Å². The molecule has 0 aromatic rings. The Balaban J connectivity index is 2.16. The number of fused-ring (bicyclic) bond motifs is 1. The van der Waals surface area contributed by atoms with Crippen LogP contribution in [0.4, 0.5) is 0 Å². The van der Waals surface area contributed by atoms with Gasteiger partial charge in [0, 0.05) is 0 Å². The summed E-state index contributed by atoms with van der Waals surface area (Å²) in [4.78, 5) is 0. The topological polar surface area (TPSA) is 0 Å². The maximum absolute atomic E-state index is 3.81. The molecule has 3 unspecified atom stereocenters. The van der Waals surface area contributed by atoms with Gasteiger partial charge in [-0.05, 0) is 30.1 Å². The van der Waals surface area contributed by atoms with Crippen molar-refractivity contribution in [1.29, 1.82) is 0 Å². The molecule has 3 atom stereocenters. The van der Waals surface area contributed by atoms with Gasteiger partial charge in [0.1, 0.15) is 0 Å². The molecule has 0 aliphatic heterocycles. The highest BCUT2D eigenvalue weighted by atomic mass is 14.7. The lowest BCUT2D eigenvalue weighted by Gasteiger charge is -2.18. The first kappa shape index (κ1) is 4.60. The van der Waals surface area contributed by atoms with Crippen LogP contribution < -0.4 is 0 Å². The molecule has 2 aliphatic carbocycles. The Labute approximate surface area is 50.6 Å². The molecule has 0 N–H and O–H groups in total. The average molecular weight is 108 g/mol. The number of allylic oxidation sites excluding steroid dienone is 1. The predicted molar refractivity (Wildman–Crippen MR) is 34.5 cm³/mol. The van der Waals surface area contributed by atoms with Crippen molar-refractivity contribution in [2.75, 3.05) is 0 Å². The lowest BCUT2D eigenvalue weighted by atomic mass is 9.87. The summed E-state index contributed by atoms with van der Waals surface area (Å²) in [6.45, 7) is 6.19. The molecule has 0 radical (unpaired) electrons. The Hall–Kier alpha value is -0.260. The molecule has 0 heteroatoms. The minimum absolute atomic E-state index is 0.738. The molecule has 2 rings (SSSR count). The Morgan fingerprint density at radius 2 is 2.38 bits per heavy atom. The maximum atomic E-state index is 3.81. The SMILES string of the molecule is C=CC1C2CCC12C. The monoisotopic (exact) mass is 108 g/mol. The van der Waals surface area contributed by atoms with Gasteiger partial charge in [0.15, 0.2) is 0 Å². The first-order valence-corrected chi connectivity index (χ1v) is 3.41. The van der Waals surface area contributed by atoms with E-state index in [0.717, 1.165) is 17.3 Å². The fourth-order valence-corrected chi connectivity index (χ4v) is 2.25. The number of rotatable bonds is 1. The van der Waals surface area contributed by atoms with Crippen LogP contribution in [0.1, 0.15) is 19.8 Å². The minimum Gasteiger partial charge on any atom is -0.103 e. The van der Waals surface area contributed by atoms with Crippen molar-refractivity contribution >= 4 is 0 Å². The Bertz CT molecular complexity index is 137. The van der Waals surface area contributed by atoms with E-state index in [1.165, 1.54) is 12.8 Å². The second-order valence-electron chi connectivity index (χ2n) is 3.41. The van der Waals surface area contributed by atoms with Gasteiger partial charge in [-0.15, -0.1) is 6.58 Å². The van der Waals surface area contributed by atoms with E-state index in [1.54, 1.807) is 0 Å². The second-order valence-corrected chi connectivity index (χ2v) is 3.41.